The third-order valence-electron chi connectivity index (χ3n) is 2.82. The van der Waals surface area contributed by atoms with Gasteiger partial charge in [0.1, 0.15) is 17.2 Å². The maximum absolute atomic E-state index is 12.0. The molecule has 1 unspecified atom stereocenters. The molecule has 4 N–H and O–H groups in total. The summed E-state index contributed by atoms with van der Waals surface area (Å²) in [6.45, 7) is 0.335. The van der Waals surface area contributed by atoms with Crippen LogP contribution in [0.25, 0.3) is 0 Å². The van der Waals surface area contributed by atoms with Crippen LogP contribution in [0.15, 0.2) is 12.4 Å². The van der Waals surface area contributed by atoms with E-state index in [1.54, 1.807) is 17.0 Å². The van der Waals surface area contributed by atoms with Crippen LogP contribution in [0.5, 0.6) is 0 Å². The van der Waals surface area contributed by atoms with Gasteiger partial charge in [-0.15, -0.1) is 0 Å². The highest BCUT2D eigenvalue weighted by Crippen LogP contribution is 2.13. The highest BCUT2D eigenvalue weighted by molar-refractivity contribution is 7.92. The molecule has 0 aromatic carbocycles. The summed E-state index contributed by atoms with van der Waals surface area (Å²) in [4.78, 5) is 14.6. The number of nitrogens with one attached hydrogen (secondary N) is 1. The summed E-state index contributed by atoms with van der Waals surface area (Å²) in [5.74, 6) is -1.25. The lowest BCUT2D eigenvalue weighted by Gasteiger charge is -2.25. The number of aromatic nitrogens is 2. The van der Waals surface area contributed by atoms with Crippen molar-refractivity contribution in [1.82, 2.24) is 14.9 Å². The van der Waals surface area contributed by atoms with E-state index in [1.165, 1.54) is 0 Å². The van der Waals surface area contributed by atoms with Crippen LogP contribution in [-0.4, -0.2) is 46.2 Å². The average molecular weight is 274 g/mol. The largest absolute Gasteiger partial charge is 0.480 e. The lowest BCUT2D eigenvalue weighted by Crippen LogP contribution is -2.49. The van der Waals surface area contributed by atoms with Crippen LogP contribution in [0.2, 0.25) is 0 Å². The second-order valence-corrected chi connectivity index (χ2v) is 6.37. The van der Waals surface area contributed by atoms with E-state index in [0.29, 0.717) is 12.5 Å². The molecule has 0 fully saturated rings. The minimum atomic E-state index is -3.62. The minimum absolute atomic E-state index is 0.210. The number of nitrogens with zero attached hydrogens (tertiary/aromatic N) is 2. The van der Waals surface area contributed by atoms with Crippen LogP contribution in [0.3, 0.4) is 0 Å². The monoisotopic (exact) mass is 274 g/mol. The Morgan fingerprint density at radius 2 is 2.44 bits per heavy atom. The molecule has 0 spiro atoms. The van der Waals surface area contributed by atoms with Gasteiger partial charge in [0, 0.05) is 18.8 Å². The maximum Gasteiger partial charge on any atom is 0.321 e. The highest BCUT2D eigenvalue weighted by Gasteiger charge is 2.32. The maximum atomic E-state index is 12.0. The van der Waals surface area contributed by atoms with E-state index < -0.39 is 33.0 Å². The Morgan fingerprint density at radius 3 is 3.11 bits per heavy atom. The van der Waals surface area contributed by atoms with Crippen LogP contribution < -0.4 is 11.1 Å². The lowest BCUT2D eigenvalue weighted by molar-refractivity contribution is -0.137. The number of aliphatic carboxylic acids is 1. The predicted octanol–water partition coefficient (Wildman–Crippen LogP) is -1.86. The van der Waals surface area contributed by atoms with Crippen molar-refractivity contribution in [2.24, 2.45) is 5.73 Å². The normalized spacial score (nSPS) is 21.3. The zero-order valence-corrected chi connectivity index (χ0v) is 10.3. The van der Waals surface area contributed by atoms with Gasteiger partial charge in [0.05, 0.1) is 12.4 Å². The van der Waals surface area contributed by atoms with E-state index in [4.69, 9.17) is 10.8 Å². The summed E-state index contributed by atoms with van der Waals surface area (Å²) in [6.07, 6.45) is 3.55. The van der Waals surface area contributed by atoms with Gasteiger partial charge >= 0.3 is 5.97 Å². The Labute approximate surface area is 104 Å². The van der Waals surface area contributed by atoms with Gasteiger partial charge in [-0.2, -0.15) is 0 Å². The highest BCUT2D eigenvalue weighted by atomic mass is 32.2. The van der Waals surface area contributed by atoms with Gasteiger partial charge < -0.3 is 15.4 Å². The van der Waals surface area contributed by atoms with Gasteiger partial charge in [0.25, 0.3) is 0 Å². The second-order valence-electron chi connectivity index (χ2n) is 4.14. The number of sulfone groups is 1. The van der Waals surface area contributed by atoms with E-state index in [9.17, 15) is 13.2 Å². The third kappa shape index (κ3) is 2.52. The van der Waals surface area contributed by atoms with E-state index in [2.05, 4.69) is 10.3 Å². The number of hydrogen-bond acceptors (Lipinski definition) is 6. The SMILES string of the molecule is N[C@@H](CS(=O)(=O)C1Cc2nccn2CN1)C(=O)O. The Balaban J connectivity index is 2.11. The number of carboxylic acids is 1. The minimum Gasteiger partial charge on any atom is -0.480 e. The predicted molar refractivity (Wildman–Crippen MR) is 62.3 cm³/mol. The Hall–Kier alpha value is -1.45. The molecule has 0 saturated heterocycles. The molecule has 1 aliphatic heterocycles. The number of imidazole rings is 1. The van der Waals surface area contributed by atoms with Gasteiger partial charge in [-0.3, -0.25) is 10.1 Å². The molecular formula is C9H14N4O4S. The summed E-state index contributed by atoms with van der Waals surface area (Å²) in [6, 6.07) is -1.40. The van der Waals surface area contributed by atoms with E-state index >= 15 is 0 Å². The first-order valence-electron chi connectivity index (χ1n) is 5.33. The molecule has 8 nitrogen and oxygen atoms in total. The molecule has 2 rings (SSSR count). The number of carboxylic acid groups (broad SMARTS) is 1. The smallest absolute Gasteiger partial charge is 0.321 e. The molecule has 2 heterocycles. The summed E-state index contributed by atoms with van der Waals surface area (Å²) in [5.41, 5.74) is 5.26. The molecule has 100 valence electrons. The number of hydrogen-bond donors (Lipinski definition) is 3. The van der Waals surface area contributed by atoms with Crippen molar-refractivity contribution in [2.75, 3.05) is 5.75 Å². The zero-order valence-electron chi connectivity index (χ0n) is 9.48. The molecule has 0 amide bonds. The first-order valence-corrected chi connectivity index (χ1v) is 7.05. The van der Waals surface area contributed by atoms with Gasteiger partial charge in [-0.05, 0) is 0 Å². The number of nitrogens with two attached hydrogens (primary N) is 1. The van der Waals surface area contributed by atoms with Crippen LogP contribution in [0.1, 0.15) is 5.82 Å². The van der Waals surface area contributed by atoms with Gasteiger partial charge in [-0.1, -0.05) is 0 Å². The van der Waals surface area contributed by atoms with E-state index in [0.717, 1.165) is 0 Å². The van der Waals surface area contributed by atoms with Gasteiger partial charge in [-0.25, -0.2) is 13.4 Å². The molecule has 1 aromatic heterocycles. The average Bonchev–Trinajstić information content (AvgIpc) is 2.74. The molecule has 0 radical (unpaired) electrons. The molecular weight excluding hydrogens is 260 g/mol. The summed E-state index contributed by atoms with van der Waals surface area (Å²) in [5, 5.41) is 10.6. The Kier molecular flexibility index (Phi) is 3.37. The Bertz CT molecular complexity index is 553. The van der Waals surface area contributed by atoms with Crippen molar-refractivity contribution in [3.05, 3.63) is 18.2 Å². The fraction of sp³-hybridized carbons (Fsp3) is 0.556. The third-order valence-corrected chi connectivity index (χ3v) is 4.85. The van der Waals surface area contributed by atoms with Crippen molar-refractivity contribution in [3.8, 4) is 0 Å². The van der Waals surface area contributed by atoms with Crippen molar-refractivity contribution in [2.45, 2.75) is 24.5 Å². The van der Waals surface area contributed by atoms with E-state index in [-0.39, 0.29) is 6.42 Å². The van der Waals surface area contributed by atoms with Crippen LogP contribution in [-0.2, 0) is 27.7 Å². The van der Waals surface area contributed by atoms with Crippen LogP contribution in [0.4, 0.5) is 0 Å². The van der Waals surface area contributed by atoms with Crippen molar-refractivity contribution in [1.29, 1.82) is 0 Å². The second kappa shape index (κ2) is 4.67. The lowest BCUT2D eigenvalue weighted by atomic mass is 10.3. The molecule has 9 heteroatoms. The number of carbonyl (C=O) groups is 1. The molecule has 1 aliphatic rings. The molecule has 0 aliphatic carbocycles. The first-order chi connectivity index (χ1) is 8.40. The van der Waals surface area contributed by atoms with Crippen molar-refractivity contribution in [3.63, 3.8) is 0 Å². The quantitative estimate of drug-likeness (QED) is 0.587. The van der Waals surface area contributed by atoms with Crippen LogP contribution >= 0.6 is 0 Å². The zero-order chi connectivity index (χ0) is 13.3. The molecule has 18 heavy (non-hydrogen) atoms. The molecule has 0 bridgehead atoms. The summed E-state index contributed by atoms with van der Waals surface area (Å²) < 4.78 is 25.8. The topological polar surface area (TPSA) is 127 Å². The van der Waals surface area contributed by atoms with E-state index in [1.807, 2.05) is 0 Å². The fourth-order valence-corrected chi connectivity index (χ4v) is 3.41. The standard InChI is InChI=1S/C9H14N4O4S/c10-6(9(14)15)4-18(16,17)8-3-7-11-1-2-13(7)5-12-8/h1-2,6,8,12H,3-5,10H2,(H,14,15)/t6-,8?/m0/s1. The Morgan fingerprint density at radius 1 is 1.72 bits per heavy atom. The number of fused-ring (bicyclic) bond motifs is 1. The fourth-order valence-electron chi connectivity index (χ4n) is 1.80. The summed E-state index contributed by atoms with van der Waals surface area (Å²) >= 11 is 0. The van der Waals surface area contributed by atoms with Gasteiger partial charge in [0.2, 0.25) is 0 Å². The number of rotatable bonds is 4. The molecule has 0 saturated carbocycles. The molecule has 1 aromatic rings. The van der Waals surface area contributed by atoms with Crippen molar-refractivity contribution < 1.29 is 18.3 Å². The first kappa shape index (κ1) is 13.0. The molecule has 2 atom stereocenters. The summed E-state index contributed by atoms with van der Waals surface area (Å²) in [7, 11) is -3.62. The van der Waals surface area contributed by atoms with Crippen molar-refractivity contribution >= 4 is 15.8 Å². The van der Waals surface area contributed by atoms with Gasteiger partial charge in [0.15, 0.2) is 9.84 Å². The van der Waals surface area contributed by atoms with Crippen LogP contribution in [0, 0.1) is 0 Å².